The fraction of sp³-hybridized carbons (Fsp3) is 0.500. The molecule has 0 aliphatic heterocycles. The first-order valence-corrected chi connectivity index (χ1v) is 6.82. The number of amides is 2. The highest BCUT2D eigenvalue weighted by atomic mass is 32.1. The average Bonchev–Trinajstić information content (AvgIpc) is 2.98. The van der Waals surface area contributed by atoms with E-state index in [0.717, 1.165) is 17.7 Å². The van der Waals surface area contributed by atoms with Gasteiger partial charge >= 0.3 is 6.03 Å². The Balaban J connectivity index is 1.84. The van der Waals surface area contributed by atoms with Crippen molar-refractivity contribution in [2.45, 2.75) is 31.7 Å². The third kappa shape index (κ3) is 3.72. The van der Waals surface area contributed by atoms with Crippen molar-refractivity contribution >= 4 is 22.5 Å². The second kappa shape index (κ2) is 6.38. The monoisotopic (exact) mass is 264 g/mol. The van der Waals surface area contributed by atoms with Gasteiger partial charge in [-0.15, -0.1) is 0 Å². The van der Waals surface area contributed by atoms with E-state index in [0.29, 0.717) is 17.7 Å². The molecule has 2 rings (SSSR count). The SMILES string of the molecule is NCC#Cc1cnc(NC(=O)NC2CCCC2)s1. The van der Waals surface area contributed by atoms with Gasteiger partial charge in [-0.3, -0.25) is 5.32 Å². The summed E-state index contributed by atoms with van der Waals surface area (Å²) >= 11 is 1.35. The summed E-state index contributed by atoms with van der Waals surface area (Å²) < 4.78 is 0. The molecule has 1 heterocycles. The van der Waals surface area contributed by atoms with Crippen LogP contribution >= 0.6 is 11.3 Å². The van der Waals surface area contributed by atoms with Gasteiger partial charge in [0.2, 0.25) is 0 Å². The normalized spacial score (nSPS) is 14.9. The molecule has 0 atom stereocenters. The van der Waals surface area contributed by atoms with Gasteiger partial charge in [-0.25, -0.2) is 9.78 Å². The van der Waals surface area contributed by atoms with Gasteiger partial charge in [0.25, 0.3) is 0 Å². The second-order valence-electron chi connectivity index (χ2n) is 4.12. The molecule has 2 amide bonds. The van der Waals surface area contributed by atoms with Crippen molar-refractivity contribution in [1.82, 2.24) is 10.3 Å². The average molecular weight is 264 g/mol. The van der Waals surface area contributed by atoms with Crippen molar-refractivity contribution in [2.75, 3.05) is 11.9 Å². The van der Waals surface area contributed by atoms with Crippen LogP contribution in [0.3, 0.4) is 0 Å². The number of thiazole rings is 1. The minimum Gasteiger partial charge on any atom is -0.335 e. The maximum absolute atomic E-state index is 11.7. The lowest BCUT2D eigenvalue weighted by molar-refractivity contribution is 0.248. The van der Waals surface area contributed by atoms with Crippen molar-refractivity contribution in [3.63, 3.8) is 0 Å². The Morgan fingerprint density at radius 1 is 1.56 bits per heavy atom. The number of rotatable bonds is 2. The van der Waals surface area contributed by atoms with Gasteiger partial charge in [0.05, 0.1) is 17.6 Å². The van der Waals surface area contributed by atoms with Gasteiger partial charge in [-0.05, 0) is 12.8 Å². The van der Waals surface area contributed by atoms with E-state index in [1.807, 2.05) is 0 Å². The van der Waals surface area contributed by atoms with Crippen LogP contribution in [0.2, 0.25) is 0 Å². The zero-order valence-corrected chi connectivity index (χ0v) is 10.8. The van der Waals surface area contributed by atoms with Gasteiger partial charge in [0.1, 0.15) is 0 Å². The van der Waals surface area contributed by atoms with E-state index >= 15 is 0 Å². The number of hydrogen-bond donors (Lipinski definition) is 3. The van der Waals surface area contributed by atoms with Crippen LogP contribution in [0.1, 0.15) is 30.6 Å². The summed E-state index contributed by atoms with van der Waals surface area (Å²) in [4.78, 5) is 16.6. The Hall–Kier alpha value is -1.58. The number of nitrogens with two attached hydrogens (primary N) is 1. The van der Waals surface area contributed by atoms with Gasteiger partial charge in [0.15, 0.2) is 5.13 Å². The molecular weight excluding hydrogens is 248 g/mol. The lowest BCUT2D eigenvalue weighted by Crippen LogP contribution is -2.36. The van der Waals surface area contributed by atoms with Crippen LogP contribution in [0.15, 0.2) is 6.20 Å². The molecule has 6 heteroatoms. The van der Waals surface area contributed by atoms with E-state index in [4.69, 9.17) is 5.73 Å². The van der Waals surface area contributed by atoms with Gasteiger partial charge < -0.3 is 11.1 Å². The number of urea groups is 1. The van der Waals surface area contributed by atoms with Crippen LogP contribution in [0.4, 0.5) is 9.93 Å². The second-order valence-corrected chi connectivity index (χ2v) is 5.15. The van der Waals surface area contributed by atoms with E-state index in [-0.39, 0.29) is 6.03 Å². The maximum Gasteiger partial charge on any atom is 0.321 e. The highest BCUT2D eigenvalue weighted by Gasteiger charge is 2.17. The smallest absolute Gasteiger partial charge is 0.321 e. The molecule has 1 saturated carbocycles. The highest BCUT2D eigenvalue weighted by Crippen LogP contribution is 2.19. The first-order chi connectivity index (χ1) is 8.78. The molecule has 96 valence electrons. The largest absolute Gasteiger partial charge is 0.335 e. The Bertz CT molecular complexity index is 468. The Morgan fingerprint density at radius 3 is 3.06 bits per heavy atom. The molecule has 0 radical (unpaired) electrons. The van der Waals surface area contributed by atoms with Crippen molar-refractivity contribution in [2.24, 2.45) is 5.73 Å². The zero-order valence-electron chi connectivity index (χ0n) is 10.0. The maximum atomic E-state index is 11.7. The third-order valence-corrected chi connectivity index (χ3v) is 3.56. The van der Waals surface area contributed by atoms with Gasteiger partial charge in [-0.1, -0.05) is 36.0 Å². The van der Waals surface area contributed by atoms with Crippen LogP contribution in [0, 0.1) is 11.8 Å². The molecule has 4 N–H and O–H groups in total. The molecule has 0 spiro atoms. The lowest BCUT2D eigenvalue weighted by atomic mass is 10.3. The quantitative estimate of drug-likeness (QED) is 0.708. The Labute approximate surface area is 110 Å². The Kier molecular flexibility index (Phi) is 4.56. The number of nitrogens with one attached hydrogen (secondary N) is 2. The fourth-order valence-electron chi connectivity index (χ4n) is 1.92. The summed E-state index contributed by atoms with van der Waals surface area (Å²) in [5, 5.41) is 6.23. The van der Waals surface area contributed by atoms with Gasteiger partial charge in [0, 0.05) is 6.04 Å². The van der Waals surface area contributed by atoms with Crippen LogP contribution in [-0.2, 0) is 0 Å². The molecule has 0 saturated heterocycles. The summed E-state index contributed by atoms with van der Waals surface area (Å²) in [7, 11) is 0. The standard InChI is InChI=1S/C12H16N4OS/c13-7-3-6-10-8-14-12(18-10)16-11(17)15-9-4-1-2-5-9/h8-9H,1-2,4-5,7,13H2,(H2,14,15,16,17). The van der Waals surface area contributed by atoms with E-state index in [9.17, 15) is 4.79 Å². The summed E-state index contributed by atoms with van der Waals surface area (Å²) in [6.45, 7) is 0.322. The predicted molar refractivity (Wildman–Crippen MR) is 72.5 cm³/mol. The summed E-state index contributed by atoms with van der Waals surface area (Å²) in [6, 6.07) is 0.121. The molecule has 1 aliphatic carbocycles. The van der Waals surface area contributed by atoms with E-state index < -0.39 is 0 Å². The molecule has 0 aromatic carbocycles. The van der Waals surface area contributed by atoms with Crippen molar-refractivity contribution in [3.8, 4) is 11.8 Å². The van der Waals surface area contributed by atoms with Crippen LogP contribution in [0.5, 0.6) is 0 Å². The van der Waals surface area contributed by atoms with Crippen molar-refractivity contribution < 1.29 is 4.79 Å². The van der Waals surface area contributed by atoms with Gasteiger partial charge in [-0.2, -0.15) is 0 Å². The number of anilines is 1. The molecule has 18 heavy (non-hydrogen) atoms. The molecule has 1 aromatic rings. The molecule has 0 bridgehead atoms. The molecule has 1 fully saturated rings. The zero-order chi connectivity index (χ0) is 12.8. The first-order valence-electron chi connectivity index (χ1n) is 6.00. The van der Waals surface area contributed by atoms with Crippen LogP contribution in [-0.4, -0.2) is 23.6 Å². The minimum absolute atomic E-state index is 0.186. The Morgan fingerprint density at radius 2 is 2.33 bits per heavy atom. The number of hydrogen-bond acceptors (Lipinski definition) is 4. The van der Waals surface area contributed by atoms with Crippen molar-refractivity contribution in [1.29, 1.82) is 0 Å². The summed E-state index contributed by atoms with van der Waals surface area (Å²) in [5.41, 5.74) is 5.29. The topological polar surface area (TPSA) is 80.0 Å². The van der Waals surface area contributed by atoms with Crippen molar-refractivity contribution in [3.05, 3.63) is 11.1 Å². The minimum atomic E-state index is -0.186. The molecule has 0 unspecified atom stereocenters. The van der Waals surface area contributed by atoms with E-state index in [2.05, 4.69) is 27.5 Å². The van der Waals surface area contributed by atoms with Crippen LogP contribution in [0.25, 0.3) is 0 Å². The molecule has 1 aliphatic rings. The number of carbonyl (C=O) groups excluding carboxylic acids is 1. The predicted octanol–water partition coefficient (Wildman–Crippen LogP) is 1.52. The van der Waals surface area contributed by atoms with Crippen LogP contribution < -0.4 is 16.4 Å². The highest BCUT2D eigenvalue weighted by molar-refractivity contribution is 7.16. The third-order valence-electron chi connectivity index (χ3n) is 2.73. The summed E-state index contributed by atoms with van der Waals surface area (Å²) in [5.74, 6) is 5.63. The molecule has 5 nitrogen and oxygen atoms in total. The first kappa shape index (κ1) is 12.9. The molecule has 1 aromatic heterocycles. The number of nitrogens with zero attached hydrogens (tertiary/aromatic N) is 1. The fourth-order valence-corrected chi connectivity index (χ4v) is 2.60. The number of aromatic nitrogens is 1. The van der Waals surface area contributed by atoms with E-state index in [1.165, 1.54) is 24.2 Å². The van der Waals surface area contributed by atoms with E-state index in [1.54, 1.807) is 6.20 Å². The molecular formula is C12H16N4OS. The number of carbonyl (C=O) groups is 1. The summed E-state index contributed by atoms with van der Waals surface area (Å²) in [6.07, 6.45) is 6.16. The lowest BCUT2D eigenvalue weighted by Gasteiger charge is -2.11.